The lowest BCUT2D eigenvalue weighted by Crippen LogP contribution is -2.00. The number of nitro groups is 1. The first-order valence-electron chi connectivity index (χ1n) is 4.45. The van der Waals surface area contributed by atoms with Crippen LogP contribution in [0.1, 0.15) is 0 Å². The molecule has 6 nitrogen and oxygen atoms in total. The zero-order valence-corrected chi connectivity index (χ0v) is 9.19. The highest BCUT2D eigenvalue weighted by Gasteiger charge is 2.19. The van der Waals surface area contributed by atoms with Crippen molar-refractivity contribution in [1.82, 2.24) is 9.97 Å². The number of anilines is 1. The first kappa shape index (κ1) is 10.5. The second kappa shape index (κ2) is 4.23. The first-order chi connectivity index (χ1) is 7.72. The summed E-state index contributed by atoms with van der Waals surface area (Å²) in [6, 6.07) is 3.62. The number of aromatic nitrogens is 2. The van der Waals surface area contributed by atoms with E-state index in [-0.39, 0.29) is 5.69 Å². The van der Waals surface area contributed by atoms with Crippen LogP contribution in [0.5, 0.6) is 0 Å². The SMILES string of the molecule is CNc1ncc([N+](=O)[O-])c(-c2cccs2)n1. The molecule has 0 fully saturated rings. The van der Waals surface area contributed by atoms with E-state index in [1.165, 1.54) is 17.5 Å². The van der Waals surface area contributed by atoms with Gasteiger partial charge in [0, 0.05) is 7.05 Å². The molecule has 0 aliphatic heterocycles. The zero-order chi connectivity index (χ0) is 11.5. The molecular weight excluding hydrogens is 228 g/mol. The van der Waals surface area contributed by atoms with Crippen molar-refractivity contribution in [3.63, 3.8) is 0 Å². The molecule has 0 spiro atoms. The number of nitrogens with zero attached hydrogens (tertiary/aromatic N) is 3. The van der Waals surface area contributed by atoms with Crippen LogP contribution in [0.3, 0.4) is 0 Å². The molecule has 2 heterocycles. The fourth-order valence-corrected chi connectivity index (χ4v) is 1.95. The standard InChI is InChI=1S/C9H8N4O2S/c1-10-9-11-5-6(13(14)15)8(12-9)7-3-2-4-16-7/h2-5H,1H3,(H,10,11,12). The van der Waals surface area contributed by atoms with Crippen molar-refractivity contribution in [2.45, 2.75) is 0 Å². The normalized spacial score (nSPS) is 10.1. The van der Waals surface area contributed by atoms with Gasteiger partial charge in [-0.1, -0.05) is 6.07 Å². The predicted molar refractivity (Wildman–Crippen MR) is 61.5 cm³/mol. The van der Waals surface area contributed by atoms with Crippen LogP contribution < -0.4 is 5.32 Å². The van der Waals surface area contributed by atoms with Crippen molar-refractivity contribution < 1.29 is 4.92 Å². The van der Waals surface area contributed by atoms with Crippen LogP contribution in [-0.4, -0.2) is 21.9 Å². The summed E-state index contributed by atoms with van der Waals surface area (Å²) in [5.74, 6) is 0.369. The van der Waals surface area contributed by atoms with Crippen LogP contribution in [0.2, 0.25) is 0 Å². The molecule has 0 amide bonds. The third-order valence-corrected chi connectivity index (χ3v) is 2.82. The number of nitrogens with one attached hydrogen (secondary N) is 1. The van der Waals surface area contributed by atoms with E-state index < -0.39 is 4.92 Å². The number of rotatable bonds is 3. The molecule has 0 aromatic carbocycles. The smallest absolute Gasteiger partial charge is 0.314 e. The number of hydrogen-bond acceptors (Lipinski definition) is 6. The summed E-state index contributed by atoms with van der Waals surface area (Å²) >= 11 is 1.40. The summed E-state index contributed by atoms with van der Waals surface area (Å²) in [5.41, 5.74) is 0.265. The Morgan fingerprint density at radius 1 is 1.56 bits per heavy atom. The van der Waals surface area contributed by atoms with Crippen molar-refractivity contribution in [2.24, 2.45) is 0 Å². The van der Waals surface area contributed by atoms with Crippen molar-refractivity contribution in [3.8, 4) is 10.6 Å². The minimum absolute atomic E-state index is 0.0820. The Hall–Kier alpha value is -2.02. The molecule has 0 bridgehead atoms. The van der Waals surface area contributed by atoms with E-state index in [4.69, 9.17) is 0 Å². The van der Waals surface area contributed by atoms with Gasteiger partial charge in [-0.15, -0.1) is 11.3 Å². The molecule has 0 radical (unpaired) electrons. The monoisotopic (exact) mass is 236 g/mol. The molecule has 16 heavy (non-hydrogen) atoms. The highest BCUT2D eigenvalue weighted by atomic mass is 32.1. The van der Waals surface area contributed by atoms with Crippen LogP contribution in [0.25, 0.3) is 10.6 Å². The Kier molecular flexibility index (Phi) is 2.78. The molecule has 0 saturated heterocycles. The fraction of sp³-hybridized carbons (Fsp3) is 0.111. The summed E-state index contributed by atoms with van der Waals surface area (Å²) in [7, 11) is 1.67. The van der Waals surface area contributed by atoms with Gasteiger partial charge < -0.3 is 5.32 Å². The molecule has 1 N–H and O–H groups in total. The summed E-state index contributed by atoms with van der Waals surface area (Å²) in [6.45, 7) is 0. The summed E-state index contributed by atoms with van der Waals surface area (Å²) < 4.78 is 0. The maximum absolute atomic E-state index is 10.8. The Bertz CT molecular complexity index is 512. The third-order valence-electron chi connectivity index (χ3n) is 1.94. The highest BCUT2D eigenvalue weighted by Crippen LogP contribution is 2.31. The average Bonchev–Trinajstić information content (AvgIpc) is 2.81. The van der Waals surface area contributed by atoms with Gasteiger partial charge in [-0.2, -0.15) is 0 Å². The molecule has 2 aromatic heterocycles. The molecule has 82 valence electrons. The molecule has 0 aliphatic rings. The van der Waals surface area contributed by atoms with E-state index in [0.717, 1.165) is 4.88 Å². The lowest BCUT2D eigenvalue weighted by molar-refractivity contribution is -0.384. The van der Waals surface area contributed by atoms with E-state index >= 15 is 0 Å². The van der Waals surface area contributed by atoms with Crippen molar-refractivity contribution in [1.29, 1.82) is 0 Å². The maximum Gasteiger partial charge on any atom is 0.314 e. The average molecular weight is 236 g/mol. The summed E-state index contributed by atoms with van der Waals surface area (Å²) in [4.78, 5) is 19.0. The molecule has 0 unspecified atom stereocenters. The van der Waals surface area contributed by atoms with Gasteiger partial charge in [0.15, 0.2) is 5.69 Å². The van der Waals surface area contributed by atoms with Gasteiger partial charge in [-0.05, 0) is 11.4 Å². The van der Waals surface area contributed by atoms with E-state index in [2.05, 4.69) is 15.3 Å². The highest BCUT2D eigenvalue weighted by molar-refractivity contribution is 7.13. The van der Waals surface area contributed by atoms with Gasteiger partial charge in [0.05, 0.1) is 9.80 Å². The van der Waals surface area contributed by atoms with Gasteiger partial charge in [0.1, 0.15) is 6.20 Å². The minimum atomic E-state index is -0.478. The molecular formula is C9H8N4O2S. The van der Waals surface area contributed by atoms with Gasteiger partial charge in [-0.25, -0.2) is 9.97 Å². The minimum Gasteiger partial charge on any atom is -0.357 e. The van der Waals surface area contributed by atoms with E-state index in [1.807, 2.05) is 11.4 Å². The van der Waals surface area contributed by atoms with Gasteiger partial charge >= 0.3 is 5.69 Å². The number of thiophene rings is 1. The van der Waals surface area contributed by atoms with Crippen LogP contribution >= 0.6 is 11.3 Å². The first-order valence-corrected chi connectivity index (χ1v) is 5.33. The van der Waals surface area contributed by atoms with Crippen molar-refractivity contribution in [2.75, 3.05) is 12.4 Å². The second-order valence-corrected chi connectivity index (χ2v) is 3.86. The molecule has 0 atom stereocenters. The largest absolute Gasteiger partial charge is 0.357 e. The lowest BCUT2D eigenvalue weighted by Gasteiger charge is -2.02. The van der Waals surface area contributed by atoms with Crippen molar-refractivity contribution >= 4 is 23.0 Å². The Balaban J connectivity index is 2.59. The Morgan fingerprint density at radius 2 is 2.38 bits per heavy atom. The topological polar surface area (TPSA) is 81.0 Å². The van der Waals surface area contributed by atoms with Crippen LogP contribution in [-0.2, 0) is 0 Å². The summed E-state index contributed by atoms with van der Waals surface area (Å²) in [5, 5.41) is 15.4. The van der Waals surface area contributed by atoms with E-state index in [0.29, 0.717) is 11.6 Å². The Labute approximate surface area is 95.1 Å². The molecule has 0 saturated carbocycles. The maximum atomic E-state index is 10.8. The quantitative estimate of drug-likeness (QED) is 0.652. The van der Waals surface area contributed by atoms with Crippen molar-refractivity contribution in [3.05, 3.63) is 33.8 Å². The summed E-state index contributed by atoms with van der Waals surface area (Å²) in [6.07, 6.45) is 1.22. The molecule has 2 rings (SSSR count). The Morgan fingerprint density at radius 3 is 2.94 bits per heavy atom. The van der Waals surface area contributed by atoms with Gasteiger partial charge in [-0.3, -0.25) is 10.1 Å². The fourth-order valence-electron chi connectivity index (χ4n) is 1.22. The van der Waals surface area contributed by atoms with E-state index in [1.54, 1.807) is 13.1 Å². The number of hydrogen-bond donors (Lipinski definition) is 1. The van der Waals surface area contributed by atoms with Gasteiger partial charge in [0.2, 0.25) is 5.95 Å². The second-order valence-electron chi connectivity index (χ2n) is 2.91. The molecule has 0 aliphatic carbocycles. The lowest BCUT2D eigenvalue weighted by atomic mass is 10.3. The zero-order valence-electron chi connectivity index (χ0n) is 8.38. The molecule has 7 heteroatoms. The van der Waals surface area contributed by atoms with Crippen LogP contribution in [0.15, 0.2) is 23.7 Å². The van der Waals surface area contributed by atoms with Crippen LogP contribution in [0, 0.1) is 10.1 Å². The molecule has 2 aromatic rings. The van der Waals surface area contributed by atoms with E-state index in [9.17, 15) is 10.1 Å². The van der Waals surface area contributed by atoms with Crippen LogP contribution in [0.4, 0.5) is 11.6 Å². The predicted octanol–water partition coefficient (Wildman–Crippen LogP) is 2.16. The van der Waals surface area contributed by atoms with Gasteiger partial charge in [0.25, 0.3) is 0 Å². The third kappa shape index (κ3) is 1.84.